The van der Waals surface area contributed by atoms with Crippen LogP contribution in [0.5, 0.6) is 5.88 Å². The first kappa shape index (κ1) is 16.3. The lowest BCUT2D eigenvalue weighted by Gasteiger charge is -2.04. The van der Waals surface area contributed by atoms with Crippen LogP contribution >= 0.6 is 11.8 Å². The minimum absolute atomic E-state index is 0.0971. The summed E-state index contributed by atoms with van der Waals surface area (Å²) in [6.45, 7) is -0.0971. The third kappa shape index (κ3) is 3.65. The molecule has 7 nitrogen and oxygen atoms in total. The number of Topliss-reactive ketones (excluding diaryl/α,β-unsaturated/α-hetero) is 1. The van der Waals surface area contributed by atoms with Crippen molar-refractivity contribution < 1.29 is 19.1 Å². The number of carbonyl (C=O) groups is 3. The van der Waals surface area contributed by atoms with Crippen LogP contribution in [0, 0.1) is 0 Å². The Morgan fingerprint density at radius 3 is 2.75 bits per heavy atom. The minimum atomic E-state index is -0.480. The quantitative estimate of drug-likeness (QED) is 0.800. The normalized spacial score (nSPS) is 17.0. The highest BCUT2D eigenvalue weighted by Gasteiger charge is 2.32. The second kappa shape index (κ2) is 6.88. The maximum Gasteiger partial charge on any atom is 0.286 e. The van der Waals surface area contributed by atoms with Crippen LogP contribution in [0.1, 0.15) is 16.1 Å². The van der Waals surface area contributed by atoms with E-state index in [0.717, 1.165) is 11.8 Å². The average Bonchev–Trinajstić information content (AvgIpc) is 3.07. The monoisotopic (exact) mass is 345 g/mol. The van der Waals surface area contributed by atoms with E-state index < -0.39 is 5.25 Å². The second-order valence-corrected chi connectivity index (χ2v) is 6.44. The summed E-state index contributed by atoms with van der Waals surface area (Å²) in [4.78, 5) is 34.8. The molecule has 1 aromatic carbocycles. The third-order valence-corrected chi connectivity index (χ3v) is 4.48. The molecule has 0 aliphatic carbocycles. The van der Waals surface area contributed by atoms with Gasteiger partial charge in [-0.2, -0.15) is 5.10 Å². The number of nitrogens with zero attached hydrogens (tertiary/aromatic N) is 2. The summed E-state index contributed by atoms with van der Waals surface area (Å²) in [5, 5.41) is 5.68. The molecule has 124 valence electrons. The molecule has 0 radical (unpaired) electrons. The van der Waals surface area contributed by atoms with Crippen LogP contribution in [0.4, 0.5) is 4.79 Å². The van der Waals surface area contributed by atoms with Gasteiger partial charge in [-0.1, -0.05) is 42.1 Å². The molecule has 1 aromatic heterocycles. The van der Waals surface area contributed by atoms with Crippen molar-refractivity contribution in [3.8, 4) is 5.88 Å². The molecule has 8 heteroatoms. The number of thioether (sulfide) groups is 1. The van der Waals surface area contributed by atoms with Gasteiger partial charge < -0.3 is 4.74 Å². The summed E-state index contributed by atoms with van der Waals surface area (Å²) in [5.41, 5.74) is 1.21. The Kier molecular flexibility index (Phi) is 4.66. The van der Waals surface area contributed by atoms with E-state index in [-0.39, 0.29) is 23.5 Å². The van der Waals surface area contributed by atoms with Crippen molar-refractivity contribution in [2.45, 2.75) is 11.7 Å². The molecule has 1 aliphatic heterocycles. The fourth-order valence-electron chi connectivity index (χ4n) is 2.31. The van der Waals surface area contributed by atoms with Gasteiger partial charge in [-0.3, -0.25) is 19.7 Å². The Morgan fingerprint density at radius 2 is 2.08 bits per heavy atom. The van der Waals surface area contributed by atoms with E-state index in [2.05, 4.69) is 10.4 Å². The van der Waals surface area contributed by atoms with Crippen molar-refractivity contribution in [2.75, 3.05) is 6.61 Å². The summed E-state index contributed by atoms with van der Waals surface area (Å²) in [5.74, 6) is -0.00365. The van der Waals surface area contributed by atoms with Crippen LogP contribution in [-0.4, -0.2) is 38.6 Å². The Bertz CT molecular complexity index is 788. The number of rotatable bonds is 6. The molecule has 0 spiro atoms. The van der Waals surface area contributed by atoms with E-state index in [4.69, 9.17) is 4.74 Å². The zero-order chi connectivity index (χ0) is 17.1. The Labute approximate surface area is 142 Å². The SMILES string of the molecule is Cn1nc(CC2SC(=O)NC2=O)cc1OCC(=O)c1ccccc1. The van der Waals surface area contributed by atoms with Crippen LogP contribution in [0.25, 0.3) is 0 Å². The number of aromatic nitrogens is 2. The van der Waals surface area contributed by atoms with Gasteiger partial charge in [0.1, 0.15) is 0 Å². The number of hydrogen-bond acceptors (Lipinski definition) is 6. The molecule has 0 saturated carbocycles. The molecular weight excluding hydrogens is 330 g/mol. The van der Waals surface area contributed by atoms with Crippen molar-refractivity contribution in [1.29, 1.82) is 0 Å². The molecule has 1 aliphatic rings. The highest BCUT2D eigenvalue weighted by atomic mass is 32.2. The third-order valence-electron chi connectivity index (χ3n) is 3.50. The fourth-order valence-corrected chi connectivity index (χ4v) is 3.14. The van der Waals surface area contributed by atoms with Crippen LogP contribution in [-0.2, 0) is 18.3 Å². The summed E-state index contributed by atoms with van der Waals surface area (Å²) in [7, 11) is 1.69. The lowest BCUT2D eigenvalue weighted by molar-refractivity contribution is -0.118. The minimum Gasteiger partial charge on any atom is -0.469 e. The number of benzene rings is 1. The molecule has 1 N–H and O–H groups in total. The lowest BCUT2D eigenvalue weighted by atomic mass is 10.1. The standard InChI is InChI=1S/C16H15N3O4S/c1-19-14(23-9-12(20)10-5-3-2-4-6-10)8-11(18-19)7-13-15(21)17-16(22)24-13/h2-6,8,13H,7,9H2,1H3,(H,17,21,22). The van der Waals surface area contributed by atoms with Gasteiger partial charge in [-0.25, -0.2) is 4.68 Å². The first-order valence-electron chi connectivity index (χ1n) is 7.28. The van der Waals surface area contributed by atoms with Crippen molar-refractivity contribution in [3.05, 3.63) is 47.7 Å². The fraction of sp³-hybridized carbons (Fsp3) is 0.250. The highest BCUT2D eigenvalue weighted by molar-refractivity contribution is 8.15. The van der Waals surface area contributed by atoms with Crippen LogP contribution < -0.4 is 10.1 Å². The molecule has 3 rings (SSSR count). The topological polar surface area (TPSA) is 90.3 Å². The van der Waals surface area contributed by atoms with Crippen LogP contribution in [0.3, 0.4) is 0 Å². The number of hydrogen-bond donors (Lipinski definition) is 1. The zero-order valence-corrected chi connectivity index (χ0v) is 13.7. The maximum absolute atomic E-state index is 12.0. The smallest absolute Gasteiger partial charge is 0.286 e. The van der Waals surface area contributed by atoms with Crippen LogP contribution in [0.2, 0.25) is 0 Å². The molecule has 0 bridgehead atoms. The van der Waals surface area contributed by atoms with Crippen molar-refractivity contribution in [3.63, 3.8) is 0 Å². The summed E-state index contributed by atoms with van der Waals surface area (Å²) in [6, 6.07) is 10.6. The van der Waals surface area contributed by atoms with Gasteiger partial charge in [0, 0.05) is 25.1 Å². The molecule has 24 heavy (non-hydrogen) atoms. The van der Waals surface area contributed by atoms with Crippen LogP contribution in [0.15, 0.2) is 36.4 Å². The van der Waals surface area contributed by atoms with Gasteiger partial charge >= 0.3 is 0 Å². The molecule has 1 saturated heterocycles. The van der Waals surface area contributed by atoms with Gasteiger partial charge in [-0.05, 0) is 0 Å². The van der Waals surface area contributed by atoms with Gasteiger partial charge in [-0.15, -0.1) is 0 Å². The van der Waals surface area contributed by atoms with E-state index in [1.807, 2.05) is 6.07 Å². The number of ether oxygens (including phenoxy) is 1. The summed E-state index contributed by atoms with van der Waals surface area (Å²) < 4.78 is 7.03. The number of ketones is 1. The maximum atomic E-state index is 12.0. The Morgan fingerprint density at radius 1 is 1.33 bits per heavy atom. The number of imide groups is 1. The predicted octanol–water partition coefficient (Wildman–Crippen LogP) is 1.58. The average molecular weight is 345 g/mol. The Balaban J connectivity index is 1.61. The molecule has 1 fully saturated rings. The van der Waals surface area contributed by atoms with Crippen molar-refractivity contribution in [1.82, 2.24) is 15.1 Å². The number of amides is 2. The predicted molar refractivity (Wildman–Crippen MR) is 88.1 cm³/mol. The van der Waals surface area contributed by atoms with E-state index in [1.54, 1.807) is 37.4 Å². The number of aryl methyl sites for hydroxylation is 1. The van der Waals surface area contributed by atoms with Crippen molar-refractivity contribution in [2.24, 2.45) is 7.05 Å². The number of carbonyl (C=O) groups excluding carboxylic acids is 3. The Hall–Kier alpha value is -2.61. The van der Waals surface area contributed by atoms with E-state index in [1.165, 1.54) is 4.68 Å². The molecule has 1 atom stereocenters. The molecule has 2 heterocycles. The number of nitrogens with one attached hydrogen (secondary N) is 1. The van der Waals surface area contributed by atoms with E-state index in [9.17, 15) is 14.4 Å². The zero-order valence-electron chi connectivity index (χ0n) is 12.9. The molecule has 2 aromatic rings. The van der Waals surface area contributed by atoms with E-state index in [0.29, 0.717) is 23.6 Å². The first-order chi connectivity index (χ1) is 11.5. The first-order valence-corrected chi connectivity index (χ1v) is 8.16. The van der Waals surface area contributed by atoms with Gasteiger partial charge in [0.25, 0.3) is 5.24 Å². The summed E-state index contributed by atoms with van der Waals surface area (Å²) >= 11 is 0.955. The lowest BCUT2D eigenvalue weighted by Crippen LogP contribution is -2.25. The highest BCUT2D eigenvalue weighted by Crippen LogP contribution is 2.24. The van der Waals surface area contributed by atoms with Gasteiger partial charge in [0.05, 0.1) is 10.9 Å². The van der Waals surface area contributed by atoms with Gasteiger partial charge in [0.2, 0.25) is 11.8 Å². The van der Waals surface area contributed by atoms with Crippen molar-refractivity contribution >= 4 is 28.7 Å². The summed E-state index contributed by atoms with van der Waals surface area (Å²) in [6.07, 6.45) is 0.325. The molecular formula is C16H15N3O4S. The largest absolute Gasteiger partial charge is 0.469 e. The molecule has 2 amide bonds. The molecule has 1 unspecified atom stereocenters. The van der Waals surface area contributed by atoms with Gasteiger partial charge in [0.15, 0.2) is 12.4 Å². The van der Waals surface area contributed by atoms with E-state index >= 15 is 0 Å². The second-order valence-electron chi connectivity index (χ2n) is 5.26.